The first-order valence-corrected chi connectivity index (χ1v) is 10.5. The van der Waals surface area contributed by atoms with Crippen LogP contribution in [0.1, 0.15) is 53.8 Å². The predicted octanol–water partition coefficient (Wildman–Crippen LogP) is 2.81. The van der Waals surface area contributed by atoms with E-state index >= 15 is 0 Å². The number of hydrogen-bond acceptors (Lipinski definition) is 6. The van der Waals surface area contributed by atoms with Gasteiger partial charge in [0.05, 0.1) is 6.54 Å². The van der Waals surface area contributed by atoms with E-state index in [0.717, 1.165) is 57.2 Å². The van der Waals surface area contributed by atoms with Crippen LogP contribution in [-0.4, -0.2) is 45.5 Å². The summed E-state index contributed by atoms with van der Waals surface area (Å²) in [6, 6.07) is 2.17. The van der Waals surface area contributed by atoms with Gasteiger partial charge in [0.25, 0.3) is 0 Å². The van der Waals surface area contributed by atoms with Crippen molar-refractivity contribution in [3.63, 3.8) is 0 Å². The highest BCUT2D eigenvalue weighted by molar-refractivity contribution is 7.10. The number of amides is 1. The molecular weight excluding hydrogens is 348 g/mol. The molecule has 2 fully saturated rings. The maximum Gasteiger partial charge on any atom is 0.230 e. The maximum atomic E-state index is 12.9. The third-order valence-electron chi connectivity index (χ3n) is 5.82. The third-order valence-corrected chi connectivity index (χ3v) is 6.85. The van der Waals surface area contributed by atoms with E-state index in [4.69, 9.17) is 4.42 Å². The van der Waals surface area contributed by atoms with Crippen LogP contribution in [0, 0.1) is 5.92 Å². The molecule has 0 radical (unpaired) electrons. The Morgan fingerprint density at radius 1 is 1.19 bits per heavy atom. The summed E-state index contributed by atoms with van der Waals surface area (Å²) < 4.78 is 5.77. The number of carbonyl (C=O) groups excluding carboxylic acids is 1. The van der Waals surface area contributed by atoms with Crippen molar-refractivity contribution in [2.45, 2.75) is 51.1 Å². The number of carbonyl (C=O) groups is 1. The predicted molar refractivity (Wildman–Crippen MR) is 97.7 cm³/mol. The molecular formula is C19H24N4O2S. The SMILES string of the molecule is O=C(C1CCN(Cc2nnc(C3CC3)o2)CC1)N1CCc2sccc2C1. The van der Waals surface area contributed by atoms with E-state index in [1.54, 1.807) is 0 Å². The van der Waals surface area contributed by atoms with E-state index in [1.807, 2.05) is 11.3 Å². The molecule has 3 aliphatic rings. The van der Waals surface area contributed by atoms with Crippen molar-refractivity contribution in [2.24, 2.45) is 5.92 Å². The third kappa shape index (κ3) is 3.30. The highest BCUT2D eigenvalue weighted by atomic mass is 32.1. The zero-order valence-electron chi connectivity index (χ0n) is 14.9. The smallest absolute Gasteiger partial charge is 0.230 e. The highest BCUT2D eigenvalue weighted by Gasteiger charge is 2.32. The minimum Gasteiger partial charge on any atom is -0.424 e. The zero-order chi connectivity index (χ0) is 17.5. The second-order valence-electron chi connectivity index (χ2n) is 7.74. The van der Waals surface area contributed by atoms with E-state index < -0.39 is 0 Å². The number of piperidine rings is 1. The van der Waals surface area contributed by atoms with Crippen molar-refractivity contribution < 1.29 is 9.21 Å². The number of thiophene rings is 1. The normalized spacial score (nSPS) is 21.8. The van der Waals surface area contributed by atoms with Crippen LogP contribution in [0.25, 0.3) is 0 Å². The lowest BCUT2D eigenvalue weighted by molar-refractivity contribution is -0.138. The fourth-order valence-corrected chi connectivity index (χ4v) is 4.94. The van der Waals surface area contributed by atoms with Gasteiger partial charge in [-0.15, -0.1) is 21.5 Å². The summed E-state index contributed by atoms with van der Waals surface area (Å²) in [7, 11) is 0. The van der Waals surface area contributed by atoms with E-state index in [1.165, 1.54) is 23.3 Å². The van der Waals surface area contributed by atoms with Crippen molar-refractivity contribution in [3.8, 4) is 0 Å². The largest absolute Gasteiger partial charge is 0.424 e. The van der Waals surface area contributed by atoms with Gasteiger partial charge in [0.15, 0.2) is 0 Å². The summed E-state index contributed by atoms with van der Waals surface area (Å²) in [5.74, 6) is 2.54. The Hall–Kier alpha value is -1.73. The maximum absolute atomic E-state index is 12.9. The van der Waals surface area contributed by atoms with Crippen LogP contribution in [0.2, 0.25) is 0 Å². The molecule has 2 aromatic rings. The molecule has 1 saturated heterocycles. The van der Waals surface area contributed by atoms with E-state index in [0.29, 0.717) is 18.4 Å². The summed E-state index contributed by atoms with van der Waals surface area (Å²) in [6.07, 6.45) is 5.22. The average molecular weight is 372 g/mol. The van der Waals surface area contributed by atoms with Gasteiger partial charge in [-0.3, -0.25) is 9.69 Å². The van der Waals surface area contributed by atoms with Crippen LogP contribution in [-0.2, 0) is 24.3 Å². The Bertz CT molecular complexity index is 789. The standard InChI is InChI=1S/C19H24N4O2S/c24-19(23-9-5-16-15(11-23)6-10-26-16)14-3-7-22(8-4-14)12-17-20-21-18(25-17)13-1-2-13/h6,10,13-14H,1-5,7-9,11-12H2. The minimum atomic E-state index is 0.163. The Morgan fingerprint density at radius 2 is 2.04 bits per heavy atom. The Kier molecular flexibility index (Phi) is 4.29. The van der Waals surface area contributed by atoms with Gasteiger partial charge in [-0.25, -0.2) is 0 Å². The van der Waals surface area contributed by atoms with E-state index in [-0.39, 0.29) is 5.92 Å². The van der Waals surface area contributed by atoms with Crippen LogP contribution in [0.4, 0.5) is 0 Å². The lowest BCUT2D eigenvalue weighted by Gasteiger charge is -2.35. The van der Waals surface area contributed by atoms with E-state index in [2.05, 4.69) is 31.4 Å². The summed E-state index contributed by atoms with van der Waals surface area (Å²) in [5.41, 5.74) is 1.34. The van der Waals surface area contributed by atoms with Crippen molar-refractivity contribution in [1.82, 2.24) is 20.0 Å². The molecule has 1 saturated carbocycles. The number of aromatic nitrogens is 2. The lowest BCUT2D eigenvalue weighted by Crippen LogP contribution is -2.43. The molecule has 1 amide bonds. The van der Waals surface area contributed by atoms with E-state index in [9.17, 15) is 4.79 Å². The van der Waals surface area contributed by atoms with Crippen molar-refractivity contribution >= 4 is 17.2 Å². The Balaban J connectivity index is 1.13. The molecule has 26 heavy (non-hydrogen) atoms. The summed E-state index contributed by atoms with van der Waals surface area (Å²) in [5, 5.41) is 10.5. The molecule has 6 nitrogen and oxygen atoms in total. The molecule has 2 aliphatic heterocycles. The monoisotopic (exact) mass is 372 g/mol. The quantitative estimate of drug-likeness (QED) is 0.826. The lowest BCUT2D eigenvalue weighted by atomic mass is 9.94. The van der Waals surface area contributed by atoms with Crippen LogP contribution in [0.15, 0.2) is 15.9 Å². The van der Waals surface area contributed by atoms with Gasteiger partial charge in [0, 0.05) is 29.8 Å². The fourth-order valence-electron chi connectivity index (χ4n) is 4.05. The molecule has 138 valence electrons. The first-order valence-electron chi connectivity index (χ1n) is 9.65. The van der Waals surface area contributed by atoms with Crippen LogP contribution in [0.3, 0.4) is 0 Å². The molecule has 0 spiro atoms. The summed E-state index contributed by atoms with van der Waals surface area (Å²) >= 11 is 1.82. The minimum absolute atomic E-state index is 0.163. The number of rotatable bonds is 4. The topological polar surface area (TPSA) is 62.5 Å². The molecule has 0 atom stereocenters. The van der Waals surface area contributed by atoms with Gasteiger partial charge in [-0.2, -0.15) is 0 Å². The van der Waals surface area contributed by atoms with Gasteiger partial charge >= 0.3 is 0 Å². The molecule has 4 heterocycles. The second kappa shape index (κ2) is 6.78. The van der Waals surface area contributed by atoms with Crippen molar-refractivity contribution in [3.05, 3.63) is 33.7 Å². The highest BCUT2D eigenvalue weighted by Crippen LogP contribution is 2.39. The van der Waals surface area contributed by atoms with Crippen LogP contribution in [0.5, 0.6) is 0 Å². The zero-order valence-corrected chi connectivity index (χ0v) is 15.7. The molecule has 2 aromatic heterocycles. The summed E-state index contributed by atoms with van der Waals surface area (Å²) in [6.45, 7) is 4.23. The molecule has 7 heteroatoms. The Labute approximate surface area is 157 Å². The van der Waals surface area contributed by atoms with Gasteiger partial charge in [-0.1, -0.05) is 0 Å². The molecule has 0 bridgehead atoms. The molecule has 5 rings (SSSR count). The van der Waals surface area contributed by atoms with Crippen LogP contribution < -0.4 is 0 Å². The number of fused-ring (bicyclic) bond motifs is 1. The van der Waals surface area contributed by atoms with Gasteiger partial charge in [0.2, 0.25) is 17.7 Å². The number of nitrogens with zero attached hydrogens (tertiary/aromatic N) is 4. The Morgan fingerprint density at radius 3 is 2.85 bits per heavy atom. The molecule has 1 aliphatic carbocycles. The first-order chi connectivity index (χ1) is 12.8. The first kappa shape index (κ1) is 16.4. The van der Waals surface area contributed by atoms with Crippen molar-refractivity contribution in [1.29, 1.82) is 0 Å². The van der Waals surface area contributed by atoms with Gasteiger partial charge < -0.3 is 9.32 Å². The van der Waals surface area contributed by atoms with Crippen LogP contribution >= 0.6 is 11.3 Å². The van der Waals surface area contributed by atoms with Gasteiger partial charge in [-0.05, 0) is 62.2 Å². The molecule has 0 N–H and O–H groups in total. The van der Waals surface area contributed by atoms with Gasteiger partial charge in [0.1, 0.15) is 0 Å². The number of hydrogen-bond donors (Lipinski definition) is 0. The second-order valence-corrected chi connectivity index (χ2v) is 8.74. The molecule has 0 unspecified atom stereocenters. The average Bonchev–Trinajstić information content (AvgIpc) is 3.23. The number of likely N-dealkylation sites (tertiary alicyclic amines) is 1. The fraction of sp³-hybridized carbons (Fsp3) is 0.632. The van der Waals surface area contributed by atoms with Crippen molar-refractivity contribution in [2.75, 3.05) is 19.6 Å². The molecule has 0 aromatic carbocycles. The summed E-state index contributed by atoms with van der Waals surface area (Å²) in [4.78, 5) is 18.8.